The van der Waals surface area contributed by atoms with Crippen molar-refractivity contribution in [3.8, 4) is 22.3 Å². The fourth-order valence-electron chi connectivity index (χ4n) is 4.25. The summed E-state index contributed by atoms with van der Waals surface area (Å²) in [6.07, 6.45) is 8.05. The lowest BCUT2D eigenvalue weighted by Crippen LogP contribution is -2.03. The zero-order chi connectivity index (χ0) is 23.7. The number of H-pyrrole nitrogens is 1. The summed E-state index contributed by atoms with van der Waals surface area (Å²) in [4.78, 5) is 8.70. The van der Waals surface area contributed by atoms with Gasteiger partial charge in [-0.3, -0.25) is 15.1 Å². The van der Waals surface area contributed by atoms with Gasteiger partial charge >= 0.3 is 0 Å². The molecule has 34 heavy (non-hydrogen) atoms. The normalized spacial score (nSPS) is 11.0. The Morgan fingerprint density at radius 1 is 0.971 bits per heavy atom. The standard InChI is InChI=1S/C28H24FN5/c1-4-22-25(19-5-8-21(29)9-6-19)15-31-16-27(22)32-18(3)28-23-13-20(7-10-26(23)33-34-28)24-14-30-12-11-17(24)2/h5-16,32H,3-4H2,1-2H3,(H,33,34). The number of hydrogen-bond donors (Lipinski definition) is 2. The number of pyridine rings is 2. The van der Waals surface area contributed by atoms with Crippen LogP contribution in [-0.2, 0) is 6.42 Å². The largest absolute Gasteiger partial charge is 0.353 e. The molecule has 0 radical (unpaired) electrons. The summed E-state index contributed by atoms with van der Waals surface area (Å²) in [6.45, 7) is 8.43. The van der Waals surface area contributed by atoms with Crippen LogP contribution in [0.1, 0.15) is 23.7 Å². The summed E-state index contributed by atoms with van der Waals surface area (Å²) in [7, 11) is 0. The van der Waals surface area contributed by atoms with Crippen LogP contribution < -0.4 is 5.32 Å². The fourth-order valence-corrected chi connectivity index (χ4v) is 4.25. The summed E-state index contributed by atoms with van der Waals surface area (Å²) in [5.41, 5.74) is 9.46. The van der Waals surface area contributed by atoms with E-state index in [1.54, 1.807) is 24.5 Å². The molecule has 0 aliphatic heterocycles. The summed E-state index contributed by atoms with van der Waals surface area (Å²) in [5.74, 6) is -0.260. The van der Waals surface area contributed by atoms with Crippen LogP contribution in [0.5, 0.6) is 0 Å². The van der Waals surface area contributed by atoms with Gasteiger partial charge in [-0.05, 0) is 65.9 Å². The lowest BCUT2D eigenvalue weighted by atomic mass is 9.98. The van der Waals surface area contributed by atoms with Crippen molar-refractivity contribution in [3.63, 3.8) is 0 Å². The van der Waals surface area contributed by atoms with Gasteiger partial charge in [0.15, 0.2) is 0 Å². The first-order valence-electron chi connectivity index (χ1n) is 11.1. The smallest absolute Gasteiger partial charge is 0.123 e. The van der Waals surface area contributed by atoms with Crippen molar-refractivity contribution >= 4 is 22.3 Å². The van der Waals surface area contributed by atoms with E-state index in [1.165, 1.54) is 12.1 Å². The number of halogens is 1. The van der Waals surface area contributed by atoms with Gasteiger partial charge in [0, 0.05) is 35.1 Å². The Kier molecular flexibility index (Phi) is 5.64. The molecule has 168 valence electrons. The molecule has 3 aromatic heterocycles. The number of aromatic amines is 1. The lowest BCUT2D eigenvalue weighted by molar-refractivity contribution is 0.628. The van der Waals surface area contributed by atoms with Crippen LogP contribution in [0.25, 0.3) is 38.9 Å². The highest BCUT2D eigenvalue weighted by atomic mass is 19.1. The van der Waals surface area contributed by atoms with Gasteiger partial charge in [0.1, 0.15) is 11.5 Å². The second-order valence-electron chi connectivity index (χ2n) is 8.20. The topological polar surface area (TPSA) is 66.5 Å². The molecule has 0 aliphatic rings. The molecule has 0 aliphatic carbocycles. The molecule has 0 atom stereocenters. The van der Waals surface area contributed by atoms with Gasteiger partial charge in [-0.15, -0.1) is 0 Å². The van der Waals surface area contributed by atoms with Crippen LogP contribution >= 0.6 is 0 Å². The minimum absolute atomic E-state index is 0.260. The molecule has 0 amide bonds. The van der Waals surface area contributed by atoms with E-state index < -0.39 is 0 Å². The first-order valence-corrected chi connectivity index (χ1v) is 11.1. The van der Waals surface area contributed by atoms with Gasteiger partial charge in [0.2, 0.25) is 0 Å². The van der Waals surface area contributed by atoms with Crippen LogP contribution in [0, 0.1) is 12.7 Å². The number of aromatic nitrogens is 4. The molecule has 6 heteroatoms. The monoisotopic (exact) mass is 449 g/mol. The highest BCUT2D eigenvalue weighted by Crippen LogP contribution is 2.33. The van der Waals surface area contributed by atoms with Gasteiger partial charge in [-0.1, -0.05) is 31.7 Å². The summed E-state index contributed by atoms with van der Waals surface area (Å²) in [6, 6.07) is 14.7. The van der Waals surface area contributed by atoms with E-state index in [2.05, 4.69) is 58.0 Å². The van der Waals surface area contributed by atoms with E-state index in [-0.39, 0.29) is 5.82 Å². The summed E-state index contributed by atoms with van der Waals surface area (Å²) >= 11 is 0. The van der Waals surface area contributed by atoms with E-state index in [9.17, 15) is 4.39 Å². The number of anilines is 1. The van der Waals surface area contributed by atoms with Crippen LogP contribution in [0.2, 0.25) is 0 Å². The number of benzene rings is 2. The maximum atomic E-state index is 13.4. The second-order valence-corrected chi connectivity index (χ2v) is 8.20. The van der Waals surface area contributed by atoms with E-state index >= 15 is 0 Å². The molecule has 0 saturated carbocycles. The van der Waals surface area contributed by atoms with Crippen molar-refractivity contribution in [2.45, 2.75) is 20.3 Å². The first-order chi connectivity index (χ1) is 16.5. The van der Waals surface area contributed by atoms with Crippen molar-refractivity contribution in [1.29, 1.82) is 0 Å². The van der Waals surface area contributed by atoms with E-state index in [0.717, 1.165) is 62.1 Å². The summed E-state index contributed by atoms with van der Waals surface area (Å²) in [5, 5.41) is 12.0. The highest BCUT2D eigenvalue weighted by Gasteiger charge is 2.15. The fraction of sp³-hybridized carbons (Fsp3) is 0.107. The van der Waals surface area contributed by atoms with Crippen LogP contribution in [0.3, 0.4) is 0 Å². The maximum Gasteiger partial charge on any atom is 0.123 e. The third-order valence-electron chi connectivity index (χ3n) is 6.05. The molecule has 0 bridgehead atoms. The van der Waals surface area contributed by atoms with Crippen molar-refractivity contribution in [2.24, 2.45) is 0 Å². The predicted octanol–water partition coefficient (Wildman–Crippen LogP) is 6.78. The molecule has 0 unspecified atom stereocenters. The van der Waals surface area contributed by atoms with Gasteiger partial charge in [-0.2, -0.15) is 5.10 Å². The molecule has 0 fully saturated rings. The van der Waals surface area contributed by atoms with Crippen LogP contribution in [-0.4, -0.2) is 20.2 Å². The van der Waals surface area contributed by atoms with Crippen molar-refractivity contribution in [2.75, 3.05) is 5.32 Å². The molecular weight excluding hydrogens is 425 g/mol. The van der Waals surface area contributed by atoms with Gasteiger partial charge in [0.25, 0.3) is 0 Å². The van der Waals surface area contributed by atoms with Gasteiger partial charge in [0.05, 0.1) is 23.1 Å². The average Bonchev–Trinajstić information content (AvgIpc) is 3.28. The molecule has 2 aromatic carbocycles. The number of fused-ring (bicyclic) bond motifs is 1. The number of hydrogen-bond acceptors (Lipinski definition) is 4. The molecule has 0 saturated heterocycles. The van der Waals surface area contributed by atoms with Gasteiger partial charge in [-0.25, -0.2) is 4.39 Å². The first kappa shape index (κ1) is 21.5. The van der Waals surface area contributed by atoms with Crippen molar-refractivity contribution in [1.82, 2.24) is 20.2 Å². The van der Waals surface area contributed by atoms with Crippen molar-refractivity contribution < 1.29 is 4.39 Å². The average molecular weight is 450 g/mol. The number of nitrogens with zero attached hydrogens (tertiary/aromatic N) is 3. The molecule has 2 N–H and O–H groups in total. The Morgan fingerprint density at radius 3 is 2.50 bits per heavy atom. The highest BCUT2D eigenvalue weighted by molar-refractivity contribution is 5.95. The minimum Gasteiger partial charge on any atom is -0.353 e. The number of nitrogens with one attached hydrogen (secondary N) is 2. The lowest BCUT2D eigenvalue weighted by Gasteiger charge is -2.16. The van der Waals surface area contributed by atoms with Crippen LogP contribution in [0.4, 0.5) is 10.1 Å². The number of rotatable bonds is 6. The SMILES string of the molecule is C=C(Nc1cncc(-c2ccc(F)cc2)c1CC)c1n[nH]c2ccc(-c3cnccc3C)cc12. The molecule has 3 heterocycles. The second kappa shape index (κ2) is 8.90. The predicted molar refractivity (Wildman–Crippen MR) is 136 cm³/mol. The Morgan fingerprint density at radius 2 is 1.74 bits per heavy atom. The zero-order valence-corrected chi connectivity index (χ0v) is 19.1. The number of aryl methyl sites for hydroxylation is 1. The Hall–Kier alpha value is -4.32. The Bertz CT molecular complexity index is 1500. The zero-order valence-electron chi connectivity index (χ0n) is 19.1. The van der Waals surface area contributed by atoms with Gasteiger partial charge < -0.3 is 5.32 Å². The van der Waals surface area contributed by atoms with Crippen molar-refractivity contribution in [3.05, 3.63) is 103 Å². The van der Waals surface area contributed by atoms with E-state index in [4.69, 9.17) is 0 Å². The van der Waals surface area contributed by atoms with E-state index in [1.807, 2.05) is 24.5 Å². The minimum atomic E-state index is -0.260. The molecule has 5 aromatic rings. The molecular formula is C28H24FN5. The third-order valence-corrected chi connectivity index (χ3v) is 6.05. The van der Waals surface area contributed by atoms with E-state index in [0.29, 0.717) is 5.70 Å². The van der Waals surface area contributed by atoms with Crippen LogP contribution in [0.15, 0.2) is 79.9 Å². The molecule has 0 spiro atoms. The molecule has 5 rings (SSSR count). The third kappa shape index (κ3) is 3.94. The summed E-state index contributed by atoms with van der Waals surface area (Å²) < 4.78 is 13.4. The Labute approximate surface area is 197 Å². The Balaban J connectivity index is 1.51. The maximum absolute atomic E-state index is 13.4. The molecule has 5 nitrogen and oxygen atoms in total. The quantitative estimate of drug-likeness (QED) is 0.300.